The monoisotopic (exact) mass is 459 g/mol. The van der Waals surface area contributed by atoms with Crippen molar-refractivity contribution in [3.63, 3.8) is 0 Å². The third-order valence-corrected chi connectivity index (χ3v) is 10.2. The second kappa shape index (κ2) is 5.95. The summed E-state index contributed by atoms with van der Waals surface area (Å²) in [6.07, 6.45) is 0. The van der Waals surface area contributed by atoms with E-state index in [4.69, 9.17) is 9.97 Å². The van der Waals surface area contributed by atoms with Crippen molar-refractivity contribution in [2.24, 2.45) is 5.41 Å². The highest BCUT2D eigenvalue weighted by Gasteiger charge is 2.58. The molecule has 0 radical (unpaired) electrons. The number of pyridine rings is 1. The van der Waals surface area contributed by atoms with Gasteiger partial charge in [0, 0.05) is 16.2 Å². The molecule has 1 aliphatic carbocycles. The molecule has 3 heterocycles. The molecule has 1 aliphatic rings. The van der Waals surface area contributed by atoms with Crippen LogP contribution in [0.3, 0.4) is 0 Å². The van der Waals surface area contributed by atoms with Gasteiger partial charge in [-0.15, -0.1) is 0 Å². The summed E-state index contributed by atoms with van der Waals surface area (Å²) in [5, 5.41) is 5.06. The zero-order valence-electron chi connectivity index (χ0n) is 22.3. The first-order valence-electron chi connectivity index (χ1n) is 12.8. The van der Waals surface area contributed by atoms with E-state index in [0.29, 0.717) is 0 Å². The molecule has 6 aromatic rings. The van der Waals surface area contributed by atoms with Gasteiger partial charge in [0.05, 0.1) is 16.6 Å². The minimum atomic E-state index is -0.00662. The summed E-state index contributed by atoms with van der Waals surface area (Å²) in [5.74, 6) is 0. The molecular formula is C32H33N3. The van der Waals surface area contributed by atoms with E-state index >= 15 is 0 Å². The molecule has 0 spiro atoms. The third kappa shape index (κ3) is 2.20. The van der Waals surface area contributed by atoms with E-state index in [1.54, 1.807) is 0 Å². The fraction of sp³-hybridized carbons (Fsp3) is 0.375. The van der Waals surface area contributed by atoms with Gasteiger partial charge in [0.1, 0.15) is 11.3 Å². The Balaban J connectivity index is 1.88. The van der Waals surface area contributed by atoms with Crippen molar-refractivity contribution in [1.82, 2.24) is 14.4 Å². The minimum absolute atomic E-state index is 0.00662. The van der Waals surface area contributed by atoms with Crippen LogP contribution in [0.2, 0.25) is 0 Å². The molecule has 0 saturated heterocycles. The van der Waals surface area contributed by atoms with Gasteiger partial charge in [0.15, 0.2) is 0 Å². The summed E-state index contributed by atoms with van der Waals surface area (Å²) in [6, 6.07) is 13.6. The number of aryl methyl sites for hydroxylation is 3. The number of hydrogen-bond donors (Lipinski definition) is 0. The fourth-order valence-electron chi connectivity index (χ4n) is 7.18. The molecule has 0 atom stereocenters. The number of imidazole rings is 1. The maximum Gasteiger partial charge on any atom is 0.149 e. The fourth-order valence-corrected chi connectivity index (χ4v) is 7.18. The number of rotatable bonds is 0. The van der Waals surface area contributed by atoms with Crippen LogP contribution in [0.4, 0.5) is 0 Å². The Labute approximate surface area is 206 Å². The molecule has 35 heavy (non-hydrogen) atoms. The van der Waals surface area contributed by atoms with Crippen molar-refractivity contribution in [3.05, 3.63) is 64.2 Å². The predicted octanol–water partition coefficient (Wildman–Crippen LogP) is 8.30. The second-order valence-electron chi connectivity index (χ2n) is 12.6. The van der Waals surface area contributed by atoms with E-state index in [0.717, 1.165) is 27.7 Å². The maximum absolute atomic E-state index is 5.33. The molecule has 3 heteroatoms. The molecule has 0 N–H and O–H groups in total. The number of hydrogen-bond acceptors (Lipinski definition) is 2. The zero-order valence-corrected chi connectivity index (χ0v) is 22.3. The molecule has 0 fully saturated rings. The Morgan fingerprint density at radius 2 is 1.37 bits per heavy atom. The number of benzene rings is 3. The molecule has 7 rings (SSSR count). The van der Waals surface area contributed by atoms with Crippen LogP contribution >= 0.6 is 0 Å². The highest BCUT2D eigenvalue weighted by Crippen LogP contribution is 2.64. The minimum Gasteiger partial charge on any atom is -0.275 e. The van der Waals surface area contributed by atoms with Gasteiger partial charge in [-0.3, -0.25) is 4.40 Å². The highest BCUT2D eigenvalue weighted by atomic mass is 15.1. The lowest BCUT2D eigenvalue weighted by atomic mass is 9.59. The quantitative estimate of drug-likeness (QED) is 0.169. The van der Waals surface area contributed by atoms with Crippen LogP contribution in [0.1, 0.15) is 69.4 Å². The van der Waals surface area contributed by atoms with Crippen LogP contribution < -0.4 is 0 Å². The van der Waals surface area contributed by atoms with Gasteiger partial charge >= 0.3 is 0 Å². The first kappa shape index (κ1) is 21.1. The van der Waals surface area contributed by atoms with Gasteiger partial charge in [-0.1, -0.05) is 65.3 Å². The van der Waals surface area contributed by atoms with Crippen LogP contribution in [0.5, 0.6) is 0 Å². The largest absolute Gasteiger partial charge is 0.275 e. The van der Waals surface area contributed by atoms with Gasteiger partial charge in [-0.25, -0.2) is 9.97 Å². The number of fused-ring (bicyclic) bond motifs is 7. The third-order valence-electron chi connectivity index (χ3n) is 10.2. The van der Waals surface area contributed by atoms with E-state index in [9.17, 15) is 0 Å². The standard InChI is InChI=1S/C32H33N3/c1-16-10-11-19-22(14-16)33-29-24-18(3)12-17(2)13-20(24)25-26-21(15-23-27(25)35(29)28(19)34-23)30(4,5)32(8,9)31(26,6)7/h10-15H,1-9H3. The maximum atomic E-state index is 5.33. The molecular weight excluding hydrogens is 426 g/mol. The predicted molar refractivity (Wildman–Crippen MR) is 148 cm³/mol. The van der Waals surface area contributed by atoms with E-state index < -0.39 is 0 Å². The topological polar surface area (TPSA) is 30.2 Å². The van der Waals surface area contributed by atoms with Crippen LogP contribution in [-0.2, 0) is 10.8 Å². The first-order chi connectivity index (χ1) is 16.4. The zero-order chi connectivity index (χ0) is 24.8. The van der Waals surface area contributed by atoms with E-state index in [-0.39, 0.29) is 16.2 Å². The van der Waals surface area contributed by atoms with Crippen LogP contribution in [0.15, 0.2) is 36.4 Å². The highest BCUT2D eigenvalue weighted by molar-refractivity contribution is 6.21. The lowest BCUT2D eigenvalue weighted by Gasteiger charge is -2.44. The van der Waals surface area contributed by atoms with Crippen molar-refractivity contribution in [2.45, 2.75) is 73.1 Å². The van der Waals surface area contributed by atoms with E-state index in [1.807, 2.05) is 0 Å². The Hall–Kier alpha value is -3.20. The smallest absolute Gasteiger partial charge is 0.149 e. The Bertz CT molecular complexity index is 1900. The summed E-state index contributed by atoms with van der Waals surface area (Å²) in [5.41, 5.74) is 12.2. The summed E-state index contributed by atoms with van der Waals surface area (Å²) >= 11 is 0. The molecule has 0 amide bonds. The van der Waals surface area contributed by atoms with Gasteiger partial charge in [0.2, 0.25) is 0 Å². The summed E-state index contributed by atoms with van der Waals surface area (Å²) in [4.78, 5) is 10.6. The van der Waals surface area contributed by atoms with Crippen molar-refractivity contribution < 1.29 is 0 Å². The van der Waals surface area contributed by atoms with Crippen molar-refractivity contribution in [3.8, 4) is 0 Å². The SMILES string of the molecule is Cc1ccc2c(c1)nc1c3c(C)cc(C)cc3c3c4c(cc5nc2n1c53)C(C)(C)C(C)(C)C4(C)C. The Morgan fingerprint density at radius 3 is 2.11 bits per heavy atom. The lowest BCUT2D eigenvalue weighted by Crippen LogP contribution is -2.42. The Morgan fingerprint density at radius 1 is 0.657 bits per heavy atom. The summed E-state index contributed by atoms with van der Waals surface area (Å²) in [7, 11) is 0. The van der Waals surface area contributed by atoms with Crippen molar-refractivity contribution in [1.29, 1.82) is 0 Å². The second-order valence-corrected chi connectivity index (χ2v) is 12.6. The molecule has 3 aromatic heterocycles. The van der Waals surface area contributed by atoms with E-state index in [2.05, 4.69) is 103 Å². The van der Waals surface area contributed by atoms with Gasteiger partial charge in [0.25, 0.3) is 0 Å². The average molecular weight is 460 g/mol. The van der Waals surface area contributed by atoms with Crippen LogP contribution in [-0.4, -0.2) is 14.4 Å². The van der Waals surface area contributed by atoms with Crippen LogP contribution in [0, 0.1) is 26.2 Å². The summed E-state index contributed by atoms with van der Waals surface area (Å²) in [6.45, 7) is 21.2. The van der Waals surface area contributed by atoms with Gasteiger partial charge in [-0.05, 0) is 82.9 Å². The molecule has 3 aromatic carbocycles. The molecule has 0 saturated carbocycles. The first-order valence-corrected chi connectivity index (χ1v) is 12.8. The molecule has 0 aliphatic heterocycles. The average Bonchev–Trinajstić information content (AvgIpc) is 3.19. The van der Waals surface area contributed by atoms with Gasteiger partial charge < -0.3 is 0 Å². The van der Waals surface area contributed by atoms with Gasteiger partial charge in [-0.2, -0.15) is 0 Å². The van der Waals surface area contributed by atoms with E-state index in [1.165, 1.54) is 49.5 Å². The normalized spacial score (nSPS) is 18.5. The molecule has 0 unspecified atom stereocenters. The molecule has 176 valence electrons. The number of aromatic nitrogens is 3. The molecule has 3 nitrogen and oxygen atoms in total. The van der Waals surface area contributed by atoms with Crippen molar-refractivity contribution >= 4 is 49.4 Å². The molecule has 0 bridgehead atoms. The van der Waals surface area contributed by atoms with Crippen molar-refractivity contribution in [2.75, 3.05) is 0 Å². The Kier molecular flexibility index (Phi) is 3.59. The number of nitrogens with zero attached hydrogens (tertiary/aromatic N) is 3. The lowest BCUT2D eigenvalue weighted by molar-refractivity contribution is 0.125. The van der Waals surface area contributed by atoms with Crippen LogP contribution in [0.25, 0.3) is 49.4 Å². The summed E-state index contributed by atoms with van der Waals surface area (Å²) < 4.78 is 2.36.